The SMILES string of the molecule is CC(=O)Nc1ccc(SCC(=O)N2N=C(c3ccco3)CC2c2ccco2)cc1. The third kappa shape index (κ3) is 4.43. The Bertz CT molecular complexity index is 1010. The predicted molar refractivity (Wildman–Crippen MR) is 110 cm³/mol. The highest BCUT2D eigenvalue weighted by Crippen LogP contribution is 2.34. The number of rotatable bonds is 6. The first-order valence-electron chi connectivity index (χ1n) is 9.07. The number of benzene rings is 1. The first-order chi connectivity index (χ1) is 14.1. The van der Waals surface area contributed by atoms with Crippen molar-refractivity contribution < 1.29 is 18.4 Å². The van der Waals surface area contributed by atoms with E-state index < -0.39 is 0 Å². The molecule has 2 aromatic heterocycles. The van der Waals surface area contributed by atoms with Gasteiger partial charge >= 0.3 is 0 Å². The molecule has 1 aliphatic heterocycles. The van der Waals surface area contributed by atoms with Gasteiger partial charge in [-0.2, -0.15) is 5.10 Å². The molecule has 3 aromatic rings. The van der Waals surface area contributed by atoms with Crippen molar-refractivity contribution >= 4 is 35.0 Å². The topological polar surface area (TPSA) is 88.0 Å². The molecule has 1 atom stereocenters. The van der Waals surface area contributed by atoms with E-state index in [1.54, 1.807) is 24.7 Å². The Morgan fingerprint density at radius 1 is 1.14 bits per heavy atom. The van der Waals surface area contributed by atoms with Gasteiger partial charge in [-0.15, -0.1) is 11.8 Å². The van der Waals surface area contributed by atoms with Crippen molar-refractivity contribution in [3.8, 4) is 0 Å². The van der Waals surface area contributed by atoms with Gasteiger partial charge in [0.15, 0.2) is 0 Å². The molecule has 7 nitrogen and oxygen atoms in total. The Balaban J connectivity index is 1.45. The number of hydrogen-bond acceptors (Lipinski definition) is 6. The molecule has 4 rings (SSSR count). The van der Waals surface area contributed by atoms with Crippen LogP contribution in [0.1, 0.15) is 30.9 Å². The number of carbonyl (C=O) groups is 2. The molecule has 0 saturated heterocycles. The van der Waals surface area contributed by atoms with Crippen molar-refractivity contribution in [2.75, 3.05) is 11.1 Å². The van der Waals surface area contributed by atoms with Crippen LogP contribution in [0.3, 0.4) is 0 Å². The van der Waals surface area contributed by atoms with Gasteiger partial charge in [-0.25, -0.2) is 5.01 Å². The molecule has 0 fully saturated rings. The van der Waals surface area contributed by atoms with E-state index in [4.69, 9.17) is 8.83 Å². The molecule has 0 spiro atoms. The maximum atomic E-state index is 12.9. The molecule has 0 radical (unpaired) electrons. The van der Waals surface area contributed by atoms with Crippen LogP contribution in [0.5, 0.6) is 0 Å². The second kappa shape index (κ2) is 8.40. The number of furan rings is 2. The summed E-state index contributed by atoms with van der Waals surface area (Å²) >= 11 is 1.41. The Labute approximate surface area is 171 Å². The summed E-state index contributed by atoms with van der Waals surface area (Å²) in [5.74, 6) is 1.32. The van der Waals surface area contributed by atoms with Crippen LogP contribution < -0.4 is 5.32 Å². The van der Waals surface area contributed by atoms with Gasteiger partial charge < -0.3 is 14.2 Å². The van der Waals surface area contributed by atoms with Gasteiger partial charge in [0.2, 0.25) is 5.91 Å². The average Bonchev–Trinajstić information content (AvgIpc) is 3.47. The number of nitrogens with zero attached hydrogens (tertiary/aromatic N) is 2. The van der Waals surface area contributed by atoms with Crippen LogP contribution in [-0.4, -0.2) is 28.3 Å². The number of hydrazone groups is 1. The number of nitrogens with one attached hydrogen (secondary N) is 1. The molecule has 1 unspecified atom stereocenters. The van der Waals surface area contributed by atoms with Crippen LogP contribution in [0.15, 0.2) is 79.9 Å². The standard InChI is InChI=1S/C21H19N3O4S/c1-14(25)22-15-6-8-16(9-7-15)29-13-21(26)24-18(20-5-3-11-28-20)12-17(23-24)19-4-2-10-27-19/h2-11,18H,12-13H2,1H3,(H,22,25). The molecule has 2 amide bonds. The molecular weight excluding hydrogens is 390 g/mol. The predicted octanol–water partition coefficient (Wildman–Crippen LogP) is 4.30. The van der Waals surface area contributed by atoms with Crippen LogP contribution in [0.4, 0.5) is 5.69 Å². The zero-order chi connectivity index (χ0) is 20.2. The van der Waals surface area contributed by atoms with E-state index in [0.29, 0.717) is 17.9 Å². The molecular formula is C21H19N3O4S. The number of anilines is 1. The summed E-state index contributed by atoms with van der Waals surface area (Å²) < 4.78 is 11.0. The molecule has 29 heavy (non-hydrogen) atoms. The molecule has 0 saturated carbocycles. The minimum atomic E-state index is -0.291. The summed E-state index contributed by atoms with van der Waals surface area (Å²) in [5.41, 5.74) is 1.44. The van der Waals surface area contributed by atoms with Crippen LogP contribution in [0.2, 0.25) is 0 Å². The van der Waals surface area contributed by atoms with E-state index >= 15 is 0 Å². The molecule has 3 heterocycles. The van der Waals surface area contributed by atoms with Crippen molar-refractivity contribution in [3.05, 3.63) is 72.6 Å². The van der Waals surface area contributed by atoms with E-state index in [0.717, 1.165) is 16.3 Å². The lowest BCUT2D eigenvalue weighted by molar-refractivity contribution is -0.130. The van der Waals surface area contributed by atoms with Crippen molar-refractivity contribution in [3.63, 3.8) is 0 Å². The lowest BCUT2D eigenvalue weighted by Crippen LogP contribution is -2.28. The second-order valence-corrected chi connectivity index (χ2v) is 7.54. The Morgan fingerprint density at radius 3 is 2.55 bits per heavy atom. The normalized spacial score (nSPS) is 16.0. The number of carbonyl (C=O) groups excluding carboxylic acids is 2. The van der Waals surface area contributed by atoms with E-state index in [-0.39, 0.29) is 23.6 Å². The number of thioether (sulfide) groups is 1. The highest BCUT2D eigenvalue weighted by atomic mass is 32.2. The largest absolute Gasteiger partial charge is 0.467 e. The fraction of sp³-hybridized carbons (Fsp3) is 0.190. The Hall–Kier alpha value is -3.26. The second-order valence-electron chi connectivity index (χ2n) is 6.49. The first-order valence-corrected chi connectivity index (χ1v) is 10.1. The van der Waals surface area contributed by atoms with E-state index in [2.05, 4.69) is 10.4 Å². The molecule has 0 bridgehead atoms. The van der Waals surface area contributed by atoms with Crippen LogP contribution in [0.25, 0.3) is 0 Å². The number of hydrogen-bond donors (Lipinski definition) is 1. The smallest absolute Gasteiger partial charge is 0.253 e. The fourth-order valence-electron chi connectivity index (χ4n) is 3.08. The van der Waals surface area contributed by atoms with Crippen molar-refractivity contribution in [1.29, 1.82) is 0 Å². The highest BCUT2D eigenvalue weighted by Gasteiger charge is 2.35. The molecule has 0 aliphatic carbocycles. The zero-order valence-electron chi connectivity index (χ0n) is 15.7. The summed E-state index contributed by atoms with van der Waals surface area (Å²) in [6.45, 7) is 1.46. The number of amides is 2. The maximum absolute atomic E-state index is 12.9. The Morgan fingerprint density at radius 2 is 1.90 bits per heavy atom. The van der Waals surface area contributed by atoms with Crippen LogP contribution in [0, 0.1) is 0 Å². The van der Waals surface area contributed by atoms with Gasteiger partial charge in [-0.05, 0) is 48.5 Å². The van der Waals surface area contributed by atoms with E-state index in [9.17, 15) is 9.59 Å². The Kier molecular flexibility index (Phi) is 5.53. The molecule has 1 N–H and O–H groups in total. The van der Waals surface area contributed by atoms with Crippen LogP contribution in [-0.2, 0) is 9.59 Å². The zero-order valence-corrected chi connectivity index (χ0v) is 16.5. The molecule has 1 aliphatic rings. The lowest BCUT2D eigenvalue weighted by Gasteiger charge is -2.19. The third-order valence-electron chi connectivity index (χ3n) is 4.38. The summed E-state index contributed by atoms with van der Waals surface area (Å²) in [6, 6.07) is 14.3. The summed E-state index contributed by atoms with van der Waals surface area (Å²) in [6.07, 6.45) is 3.71. The van der Waals surface area contributed by atoms with Gasteiger partial charge in [0.1, 0.15) is 23.3 Å². The minimum absolute atomic E-state index is 0.121. The third-order valence-corrected chi connectivity index (χ3v) is 5.38. The van der Waals surface area contributed by atoms with Gasteiger partial charge in [-0.1, -0.05) is 0 Å². The average molecular weight is 409 g/mol. The summed E-state index contributed by atoms with van der Waals surface area (Å²) in [4.78, 5) is 25.0. The maximum Gasteiger partial charge on any atom is 0.253 e. The van der Waals surface area contributed by atoms with Crippen molar-refractivity contribution in [1.82, 2.24) is 5.01 Å². The quantitative estimate of drug-likeness (QED) is 0.613. The molecule has 148 valence electrons. The molecule has 1 aromatic carbocycles. The summed E-state index contributed by atoms with van der Waals surface area (Å²) in [5, 5.41) is 8.72. The fourth-order valence-corrected chi connectivity index (χ4v) is 3.83. The monoisotopic (exact) mass is 409 g/mol. The molecule has 8 heteroatoms. The first kappa shape index (κ1) is 19.1. The lowest BCUT2D eigenvalue weighted by atomic mass is 10.1. The van der Waals surface area contributed by atoms with E-state index in [1.165, 1.54) is 23.7 Å². The minimum Gasteiger partial charge on any atom is -0.467 e. The van der Waals surface area contributed by atoms with Crippen molar-refractivity contribution in [2.24, 2.45) is 5.10 Å². The van der Waals surface area contributed by atoms with Gasteiger partial charge in [0, 0.05) is 23.9 Å². The van der Waals surface area contributed by atoms with Gasteiger partial charge in [-0.3, -0.25) is 9.59 Å². The van der Waals surface area contributed by atoms with E-state index in [1.807, 2.05) is 36.4 Å². The highest BCUT2D eigenvalue weighted by molar-refractivity contribution is 8.00. The summed E-state index contributed by atoms with van der Waals surface area (Å²) in [7, 11) is 0. The van der Waals surface area contributed by atoms with Crippen LogP contribution >= 0.6 is 11.8 Å². The van der Waals surface area contributed by atoms with Gasteiger partial charge in [0.25, 0.3) is 5.91 Å². The van der Waals surface area contributed by atoms with Gasteiger partial charge in [0.05, 0.1) is 18.3 Å². The van der Waals surface area contributed by atoms with Crippen molar-refractivity contribution in [2.45, 2.75) is 24.3 Å².